The predicted molar refractivity (Wildman–Crippen MR) is 82.4 cm³/mol. The van der Waals surface area contributed by atoms with Gasteiger partial charge < -0.3 is 15.5 Å². The molecule has 1 heterocycles. The molecule has 0 aromatic carbocycles. The fourth-order valence-electron chi connectivity index (χ4n) is 1.94. The van der Waals surface area contributed by atoms with Gasteiger partial charge in [-0.15, -0.1) is 0 Å². The number of anilines is 1. The second kappa shape index (κ2) is 7.46. The Bertz CT molecular complexity index is 357. The fraction of sp³-hybridized carbons (Fsp3) is 0.667. The van der Waals surface area contributed by atoms with Gasteiger partial charge in [0, 0.05) is 25.7 Å². The predicted octanol–water partition coefficient (Wildman–Crippen LogP) is 2.13. The van der Waals surface area contributed by atoms with Gasteiger partial charge in [0.1, 0.15) is 0 Å². The Balaban J connectivity index is 2.77. The van der Waals surface area contributed by atoms with E-state index in [9.17, 15) is 0 Å². The Hall–Kier alpha value is -1.13. The highest BCUT2D eigenvalue weighted by molar-refractivity contribution is 5.44. The van der Waals surface area contributed by atoms with Crippen molar-refractivity contribution < 1.29 is 0 Å². The van der Waals surface area contributed by atoms with Crippen molar-refractivity contribution in [1.82, 2.24) is 9.88 Å². The standard InChI is InChI=1S/C15H28N4/c1-12(2)11-19(9-8-18(4)5)14-6-7-15(13(3)16)17-10-14/h6-7,10,12-13H,8-9,11,16H2,1-5H3. The van der Waals surface area contributed by atoms with Crippen molar-refractivity contribution in [1.29, 1.82) is 0 Å². The maximum absolute atomic E-state index is 5.84. The first kappa shape index (κ1) is 15.9. The van der Waals surface area contributed by atoms with Gasteiger partial charge in [-0.05, 0) is 39.1 Å². The van der Waals surface area contributed by atoms with E-state index in [1.54, 1.807) is 0 Å². The largest absolute Gasteiger partial charge is 0.369 e. The molecule has 19 heavy (non-hydrogen) atoms. The van der Waals surface area contributed by atoms with E-state index in [-0.39, 0.29) is 6.04 Å². The molecular weight excluding hydrogens is 236 g/mol. The number of nitrogens with two attached hydrogens (primary N) is 1. The molecule has 1 aromatic heterocycles. The monoisotopic (exact) mass is 264 g/mol. The summed E-state index contributed by atoms with van der Waals surface area (Å²) in [5, 5.41) is 0. The van der Waals surface area contributed by atoms with E-state index in [1.807, 2.05) is 19.2 Å². The number of hydrogen-bond acceptors (Lipinski definition) is 4. The van der Waals surface area contributed by atoms with Crippen molar-refractivity contribution in [3.05, 3.63) is 24.0 Å². The molecule has 4 heteroatoms. The Morgan fingerprint density at radius 1 is 1.16 bits per heavy atom. The van der Waals surface area contributed by atoms with E-state index >= 15 is 0 Å². The third-order valence-electron chi connectivity index (χ3n) is 3.01. The summed E-state index contributed by atoms with van der Waals surface area (Å²) in [6, 6.07) is 4.15. The number of nitrogens with zero attached hydrogens (tertiary/aromatic N) is 3. The van der Waals surface area contributed by atoms with E-state index in [2.05, 4.69) is 48.8 Å². The molecule has 1 unspecified atom stereocenters. The van der Waals surface area contributed by atoms with E-state index in [4.69, 9.17) is 5.73 Å². The van der Waals surface area contributed by atoms with Gasteiger partial charge in [0.05, 0.1) is 17.6 Å². The Morgan fingerprint density at radius 3 is 2.26 bits per heavy atom. The van der Waals surface area contributed by atoms with Crippen LogP contribution < -0.4 is 10.6 Å². The van der Waals surface area contributed by atoms with Crippen molar-refractivity contribution in [2.45, 2.75) is 26.8 Å². The summed E-state index contributed by atoms with van der Waals surface area (Å²) in [5.41, 5.74) is 7.96. The van der Waals surface area contributed by atoms with Gasteiger partial charge in [-0.1, -0.05) is 13.8 Å². The summed E-state index contributed by atoms with van der Waals surface area (Å²) < 4.78 is 0. The minimum atomic E-state index is -0.00521. The molecule has 108 valence electrons. The zero-order chi connectivity index (χ0) is 14.4. The van der Waals surface area contributed by atoms with Crippen LogP contribution in [-0.4, -0.2) is 43.6 Å². The second-order valence-electron chi connectivity index (χ2n) is 5.87. The third-order valence-corrected chi connectivity index (χ3v) is 3.01. The topological polar surface area (TPSA) is 45.4 Å². The minimum absolute atomic E-state index is 0.00521. The second-order valence-corrected chi connectivity index (χ2v) is 5.87. The number of aromatic nitrogens is 1. The summed E-state index contributed by atoms with van der Waals surface area (Å²) in [6.45, 7) is 9.55. The molecule has 0 saturated heterocycles. The molecule has 0 aliphatic heterocycles. The van der Waals surface area contributed by atoms with Crippen LogP contribution in [0.25, 0.3) is 0 Å². The molecule has 0 bridgehead atoms. The van der Waals surface area contributed by atoms with E-state index in [0.717, 1.165) is 25.3 Å². The summed E-state index contributed by atoms with van der Waals surface area (Å²) in [7, 11) is 4.20. The molecule has 0 spiro atoms. The van der Waals surface area contributed by atoms with Crippen LogP contribution in [0.1, 0.15) is 32.5 Å². The van der Waals surface area contributed by atoms with Gasteiger partial charge in [-0.2, -0.15) is 0 Å². The normalized spacial score (nSPS) is 13.1. The van der Waals surface area contributed by atoms with Gasteiger partial charge in [-0.3, -0.25) is 4.98 Å². The van der Waals surface area contributed by atoms with Gasteiger partial charge in [0.2, 0.25) is 0 Å². The maximum atomic E-state index is 5.84. The fourth-order valence-corrected chi connectivity index (χ4v) is 1.94. The van der Waals surface area contributed by atoms with E-state index in [0.29, 0.717) is 5.92 Å². The summed E-state index contributed by atoms with van der Waals surface area (Å²) >= 11 is 0. The van der Waals surface area contributed by atoms with Crippen molar-refractivity contribution in [3.8, 4) is 0 Å². The van der Waals surface area contributed by atoms with Crippen LogP contribution in [0, 0.1) is 5.92 Å². The summed E-state index contributed by atoms with van der Waals surface area (Å²) in [4.78, 5) is 9.05. The number of likely N-dealkylation sites (N-methyl/N-ethyl adjacent to an activating group) is 1. The molecule has 1 rings (SSSR count). The molecule has 1 atom stereocenters. The zero-order valence-corrected chi connectivity index (χ0v) is 12.9. The zero-order valence-electron chi connectivity index (χ0n) is 12.9. The smallest absolute Gasteiger partial charge is 0.0569 e. The van der Waals surface area contributed by atoms with Crippen LogP contribution >= 0.6 is 0 Å². The molecule has 1 aromatic rings. The first-order valence-corrected chi connectivity index (χ1v) is 7.01. The Kier molecular flexibility index (Phi) is 6.25. The molecule has 4 nitrogen and oxygen atoms in total. The van der Waals surface area contributed by atoms with Crippen LogP contribution in [0.15, 0.2) is 18.3 Å². The van der Waals surface area contributed by atoms with E-state index in [1.165, 1.54) is 5.69 Å². The lowest BCUT2D eigenvalue weighted by Crippen LogP contribution is -2.34. The highest BCUT2D eigenvalue weighted by atomic mass is 15.2. The van der Waals surface area contributed by atoms with Gasteiger partial charge in [-0.25, -0.2) is 0 Å². The SMILES string of the molecule is CC(C)CN(CCN(C)C)c1ccc(C(C)N)nc1. The highest BCUT2D eigenvalue weighted by Gasteiger charge is 2.10. The molecule has 0 amide bonds. The average Bonchev–Trinajstić information content (AvgIpc) is 2.34. The van der Waals surface area contributed by atoms with Crippen molar-refractivity contribution in [2.24, 2.45) is 11.7 Å². The minimum Gasteiger partial charge on any atom is -0.369 e. The van der Waals surface area contributed by atoms with Crippen molar-refractivity contribution >= 4 is 5.69 Å². The molecule has 2 N–H and O–H groups in total. The molecule has 0 fully saturated rings. The summed E-state index contributed by atoms with van der Waals surface area (Å²) in [5.74, 6) is 0.635. The molecule has 0 radical (unpaired) electrons. The van der Waals surface area contributed by atoms with Gasteiger partial charge in [0.15, 0.2) is 0 Å². The number of rotatable bonds is 7. The highest BCUT2D eigenvalue weighted by Crippen LogP contribution is 2.16. The van der Waals surface area contributed by atoms with Crippen LogP contribution in [0.4, 0.5) is 5.69 Å². The Morgan fingerprint density at radius 2 is 1.84 bits per heavy atom. The average molecular weight is 264 g/mol. The third kappa shape index (κ3) is 5.57. The van der Waals surface area contributed by atoms with Crippen LogP contribution in [0.3, 0.4) is 0 Å². The molecule has 0 aliphatic rings. The van der Waals surface area contributed by atoms with Crippen molar-refractivity contribution in [3.63, 3.8) is 0 Å². The Labute approximate surface area is 117 Å². The van der Waals surface area contributed by atoms with Crippen LogP contribution in [0.2, 0.25) is 0 Å². The molecular formula is C15H28N4. The molecule has 0 aliphatic carbocycles. The lowest BCUT2D eigenvalue weighted by atomic mass is 10.2. The van der Waals surface area contributed by atoms with Crippen molar-refractivity contribution in [2.75, 3.05) is 38.6 Å². The van der Waals surface area contributed by atoms with Crippen LogP contribution in [0.5, 0.6) is 0 Å². The lowest BCUT2D eigenvalue weighted by Gasteiger charge is -2.28. The maximum Gasteiger partial charge on any atom is 0.0569 e. The lowest BCUT2D eigenvalue weighted by molar-refractivity contribution is 0.409. The van der Waals surface area contributed by atoms with E-state index < -0.39 is 0 Å². The van der Waals surface area contributed by atoms with Gasteiger partial charge >= 0.3 is 0 Å². The van der Waals surface area contributed by atoms with Gasteiger partial charge in [0.25, 0.3) is 0 Å². The molecule has 0 saturated carbocycles. The summed E-state index contributed by atoms with van der Waals surface area (Å²) in [6.07, 6.45) is 1.94. The number of hydrogen-bond donors (Lipinski definition) is 1. The first-order valence-electron chi connectivity index (χ1n) is 7.01. The quantitative estimate of drug-likeness (QED) is 0.819. The number of pyridine rings is 1. The van der Waals surface area contributed by atoms with Crippen LogP contribution in [-0.2, 0) is 0 Å². The first-order chi connectivity index (χ1) is 8.90.